The molecule has 0 aliphatic heterocycles. The van der Waals surface area contributed by atoms with E-state index in [1.54, 1.807) is 0 Å². The number of hydrogen-bond acceptors (Lipinski definition) is 5. The third-order valence-corrected chi connectivity index (χ3v) is 2.25. The Morgan fingerprint density at radius 3 is 3.00 bits per heavy atom. The lowest BCUT2D eigenvalue weighted by atomic mass is 10.2. The first-order valence-electron chi connectivity index (χ1n) is 5.60. The van der Waals surface area contributed by atoms with Crippen molar-refractivity contribution in [2.24, 2.45) is 0 Å². The van der Waals surface area contributed by atoms with E-state index in [1.165, 1.54) is 18.2 Å². The predicted octanol–water partition coefficient (Wildman–Crippen LogP) is 2.51. The third kappa shape index (κ3) is 2.65. The number of phenols is 1. The van der Waals surface area contributed by atoms with Crippen LogP contribution in [0, 0.1) is 5.82 Å². The molecule has 0 radical (unpaired) electrons. The monoisotopic (exact) mass is 252 g/mol. The van der Waals surface area contributed by atoms with Gasteiger partial charge in [0, 0.05) is 6.61 Å². The molecule has 0 saturated heterocycles. The van der Waals surface area contributed by atoms with Crippen molar-refractivity contribution < 1.29 is 18.8 Å². The van der Waals surface area contributed by atoms with Gasteiger partial charge in [-0.25, -0.2) is 4.39 Å². The van der Waals surface area contributed by atoms with Crippen molar-refractivity contribution in [3.05, 3.63) is 29.8 Å². The zero-order chi connectivity index (χ0) is 13.0. The highest BCUT2D eigenvalue weighted by atomic mass is 19.1. The van der Waals surface area contributed by atoms with Crippen LogP contribution >= 0.6 is 0 Å². The summed E-state index contributed by atoms with van der Waals surface area (Å²) in [7, 11) is 0. The zero-order valence-corrected chi connectivity index (χ0v) is 9.89. The van der Waals surface area contributed by atoms with Crippen LogP contribution in [0.5, 0.6) is 5.75 Å². The smallest absolute Gasteiger partial charge is 0.264 e. The van der Waals surface area contributed by atoms with Gasteiger partial charge in [0.15, 0.2) is 5.82 Å². The minimum absolute atomic E-state index is 0.0549. The van der Waals surface area contributed by atoms with Crippen LogP contribution in [0.2, 0.25) is 0 Å². The van der Waals surface area contributed by atoms with E-state index < -0.39 is 5.82 Å². The number of halogens is 1. The summed E-state index contributed by atoms with van der Waals surface area (Å²) in [5, 5.41) is 13.2. The molecule has 1 N–H and O–H groups in total. The summed E-state index contributed by atoms with van der Waals surface area (Å²) in [4.78, 5) is 3.97. The Balaban J connectivity index is 2.19. The van der Waals surface area contributed by atoms with Gasteiger partial charge in [0.1, 0.15) is 23.7 Å². The molecule has 0 atom stereocenters. The van der Waals surface area contributed by atoms with Crippen molar-refractivity contribution in [2.45, 2.75) is 20.0 Å². The summed E-state index contributed by atoms with van der Waals surface area (Å²) in [5.41, 5.74) is -0.0910. The first-order chi connectivity index (χ1) is 8.72. The van der Waals surface area contributed by atoms with E-state index in [4.69, 9.17) is 9.26 Å². The number of rotatable bonds is 5. The van der Waals surface area contributed by atoms with Gasteiger partial charge in [0.05, 0.1) is 0 Å². The molecular formula is C12H13FN2O3. The van der Waals surface area contributed by atoms with E-state index in [1.807, 2.05) is 6.92 Å². The maximum Gasteiger partial charge on any atom is 0.264 e. The molecule has 0 bridgehead atoms. The number of hydrogen-bond donors (Lipinski definition) is 1. The van der Waals surface area contributed by atoms with Gasteiger partial charge in [0.2, 0.25) is 0 Å². The molecule has 18 heavy (non-hydrogen) atoms. The summed E-state index contributed by atoms with van der Waals surface area (Å²) in [6, 6.07) is 3.97. The molecule has 1 aromatic carbocycles. The van der Waals surface area contributed by atoms with Crippen molar-refractivity contribution in [1.82, 2.24) is 10.1 Å². The summed E-state index contributed by atoms with van der Waals surface area (Å²) in [6.07, 6.45) is 0.888. The van der Waals surface area contributed by atoms with Crippen molar-refractivity contribution in [1.29, 1.82) is 0 Å². The Morgan fingerprint density at radius 1 is 1.44 bits per heavy atom. The van der Waals surface area contributed by atoms with Gasteiger partial charge in [-0.3, -0.25) is 0 Å². The number of benzene rings is 1. The van der Waals surface area contributed by atoms with Crippen LogP contribution in [-0.4, -0.2) is 21.9 Å². The SMILES string of the molecule is CCCOCc1noc(-c2c(O)cccc2F)n1. The van der Waals surface area contributed by atoms with Crippen LogP contribution in [0.1, 0.15) is 19.2 Å². The molecule has 5 nitrogen and oxygen atoms in total. The van der Waals surface area contributed by atoms with Gasteiger partial charge in [0.25, 0.3) is 5.89 Å². The van der Waals surface area contributed by atoms with Crippen LogP contribution in [0.3, 0.4) is 0 Å². The molecule has 0 spiro atoms. The topological polar surface area (TPSA) is 68.4 Å². The fourth-order valence-corrected chi connectivity index (χ4v) is 1.45. The van der Waals surface area contributed by atoms with Gasteiger partial charge in [-0.15, -0.1) is 0 Å². The number of nitrogens with zero attached hydrogens (tertiary/aromatic N) is 2. The van der Waals surface area contributed by atoms with Crippen molar-refractivity contribution in [3.8, 4) is 17.2 Å². The van der Waals surface area contributed by atoms with E-state index in [9.17, 15) is 9.50 Å². The minimum atomic E-state index is -0.611. The van der Waals surface area contributed by atoms with E-state index >= 15 is 0 Å². The molecular weight excluding hydrogens is 239 g/mol. The summed E-state index contributed by atoms with van der Waals surface area (Å²) < 4.78 is 23.7. The Hall–Kier alpha value is -1.95. The lowest BCUT2D eigenvalue weighted by molar-refractivity contribution is 0.114. The Bertz CT molecular complexity index is 508. The maximum absolute atomic E-state index is 13.5. The van der Waals surface area contributed by atoms with Gasteiger partial charge in [-0.1, -0.05) is 18.1 Å². The van der Waals surface area contributed by atoms with Gasteiger partial charge < -0.3 is 14.4 Å². The summed E-state index contributed by atoms with van der Waals surface area (Å²) in [5.74, 6) is -0.582. The Morgan fingerprint density at radius 2 is 2.28 bits per heavy atom. The molecule has 0 unspecified atom stereocenters. The second-order valence-electron chi connectivity index (χ2n) is 3.70. The lowest BCUT2D eigenvalue weighted by Crippen LogP contribution is -1.95. The standard InChI is InChI=1S/C12H13FN2O3/c1-2-6-17-7-10-14-12(18-15-10)11-8(13)4-3-5-9(11)16/h3-5,16H,2,6-7H2,1H3. The first kappa shape index (κ1) is 12.5. The van der Waals surface area contributed by atoms with Crippen LogP contribution in [0.4, 0.5) is 4.39 Å². The van der Waals surface area contributed by atoms with Gasteiger partial charge in [-0.2, -0.15) is 4.98 Å². The highest BCUT2D eigenvalue weighted by Crippen LogP contribution is 2.30. The van der Waals surface area contributed by atoms with E-state index in [0.29, 0.717) is 12.4 Å². The quantitative estimate of drug-likeness (QED) is 0.828. The molecule has 0 saturated carbocycles. The van der Waals surface area contributed by atoms with Crippen LogP contribution in [-0.2, 0) is 11.3 Å². The molecule has 6 heteroatoms. The molecule has 96 valence electrons. The van der Waals surface area contributed by atoms with Gasteiger partial charge in [-0.05, 0) is 18.6 Å². The average Bonchev–Trinajstić information content (AvgIpc) is 2.78. The fourth-order valence-electron chi connectivity index (χ4n) is 1.45. The zero-order valence-electron chi connectivity index (χ0n) is 9.89. The number of aromatic nitrogens is 2. The molecule has 0 aliphatic carbocycles. The highest BCUT2D eigenvalue weighted by Gasteiger charge is 2.17. The van der Waals surface area contributed by atoms with E-state index in [0.717, 1.165) is 6.42 Å². The number of aromatic hydroxyl groups is 1. The number of ether oxygens (including phenoxy) is 1. The molecule has 0 aliphatic rings. The van der Waals surface area contributed by atoms with Gasteiger partial charge >= 0.3 is 0 Å². The van der Waals surface area contributed by atoms with Crippen LogP contribution < -0.4 is 0 Å². The Kier molecular flexibility index (Phi) is 3.88. The molecule has 0 amide bonds. The van der Waals surface area contributed by atoms with E-state index in [-0.39, 0.29) is 23.8 Å². The van der Waals surface area contributed by atoms with Crippen LogP contribution in [0.25, 0.3) is 11.5 Å². The summed E-state index contributed by atoms with van der Waals surface area (Å²) >= 11 is 0. The third-order valence-electron chi connectivity index (χ3n) is 2.25. The minimum Gasteiger partial charge on any atom is -0.507 e. The molecule has 0 fully saturated rings. The van der Waals surface area contributed by atoms with Crippen LogP contribution in [0.15, 0.2) is 22.7 Å². The summed E-state index contributed by atoms with van der Waals surface area (Å²) in [6.45, 7) is 2.78. The lowest BCUT2D eigenvalue weighted by Gasteiger charge is -1.99. The molecule has 2 aromatic rings. The predicted molar refractivity (Wildman–Crippen MR) is 61.3 cm³/mol. The Labute approximate surface area is 103 Å². The maximum atomic E-state index is 13.5. The molecule has 1 aromatic heterocycles. The van der Waals surface area contributed by atoms with Crippen molar-refractivity contribution in [3.63, 3.8) is 0 Å². The number of phenolic OH excluding ortho intramolecular Hbond substituents is 1. The molecule has 1 heterocycles. The largest absolute Gasteiger partial charge is 0.507 e. The first-order valence-corrected chi connectivity index (χ1v) is 5.60. The van der Waals surface area contributed by atoms with E-state index in [2.05, 4.69) is 10.1 Å². The van der Waals surface area contributed by atoms with Crippen molar-refractivity contribution in [2.75, 3.05) is 6.61 Å². The highest BCUT2D eigenvalue weighted by molar-refractivity contribution is 5.62. The second kappa shape index (κ2) is 5.59. The average molecular weight is 252 g/mol. The second-order valence-corrected chi connectivity index (χ2v) is 3.70. The van der Waals surface area contributed by atoms with Crippen molar-refractivity contribution >= 4 is 0 Å². The molecule has 2 rings (SSSR count). The normalized spacial score (nSPS) is 10.8. The fraction of sp³-hybridized carbons (Fsp3) is 0.333.